The molecule has 152 valence electrons. The summed E-state index contributed by atoms with van der Waals surface area (Å²) in [6.45, 7) is 5.57. The van der Waals surface area contributed by atoms with Crippen molar-refractivity contribution < 1.29 is 14.6 Å². The molecule has 1 atom stereocenters. The molecule has 5 heteroatoms. The van der Waals surface area contributed by atoms with Gasteiger partial charge in [0, 0.05) is 44.4 Å². The summed E-state index contributed by atoms with van der Waals surface area (Å²) in [6, 6.07) is 8.82. The van der Waals surface area contributed by atoms with Gasteiger partial charge in [-0.1, -0.05) is 37.5 Å². The summed E-state index contributed by atoms with van der Waals surface area (Å²) in [4.78, 5) is 4.73. The molecule has 1 N–H and O–H groups in total. The van der Waals surface area contributed by atoms with Crippen LogP contribution in [0.5, 0.6) is 5.75 Å². The van der Waals surface area contributed by atoms with Crippen molar-refractivity contribution in [1.82, 2.24) is 9.80 Å². The lowest BCUT2D eigenvalue weighted by atomic mass is 9.94. The van der Waals surface area contributed by atoms with Crippen molar-refractivity contribution in [2.75, 3.05) is 46.5 Å². The van der Waals surface area contributed by atoms with Gasteiger partial charge in [0.15, 0.2) is 0 Å². The van der Waals surface area contributed by atoms with E-state index in [1.54, 1.807) is 0 Å². The molecule has 1 aromatic carbocycles. The normalized spacial score (nSPS) is 21.1. The number of aliphatic hydroxyl groups is 1. The molecule has 1 aliphatic carbocycles. The lowest BCUT2D eigenvalue weighted by Crippen LogP contribution is -2.40. The van der Waals surface area contributed by atoms with E-state index in [-0.39, 0.29) is 0 Å². The molecule has 2 aliphatic rings. The fourth-order valence-electron chi connectivity index (χ4n) is 4.21. The lowest BCUT2D eigenvalue weighted by Gasteiger charge is -2.32. The molecule has 1 aliphatic heterocycles. The molecule has 0 bridgehead atoms. The van der Waals surface area contributed by atoms with Crippen molar-refractivity contribution in [2.24, 2.45) is 0 Å². The van der Waals surface area contributed by atoms with Crippen LogP contribution in [-0.2, 0) is 11.3 Å². The summed E-state index contributed by atoms with van der Waals surface area (Å²) >= 11 is 0. The van der Waals surface area contributed by atoms with Crippen LogP contribution < -0.4 is 4.74 Å². The first-order chi connectivity index (χ1) is 13.2. The van der Waals surface area contributed by atoms with Gasteiger partial charge in [-0.15, -0.1) is 0 Å². The second kappa shape index (κ2) is 11.0. The zero-order chi connectivity index (χ0) is 18.9. The number of aliphatic hydroxyl groups excluding tert-OH is 1. The highest BCUT2D eigenvalue weighted by Crippen LogP contribution is 2.23. The fraction of sp³-hybridized carbons (Fsp3) is 0.727. The molecule has 0 spiro atoms. The van der Waals surface area contributed by atoms with Crippen LogP contribution in [0.3, 0.4) is 0 Å². The predicted octanol–water partition coefficient (Wildman–Crippen LogP) is 2.91. The quantitative estimate of drug-likeness (QED) is 0.756. The zero-order valence-corrected chi connectivity index (χ0v) is 16.8. The maximum Gasteiger partial charge on any atom is 0.123 e. The third-order valence-electron chi connectivity index (χ3n) is 5.81. The Morgan fingerprint density at radius 2 is 1.96 bits per heavy atom. The van der Waals surface area contributed by atoms with Crippen molar-refractivity contribution in [3.05, 3.63) is 29.8 Å². The standard InChI is InChI=1S/C22H36N2O3/c1-23(20-9-3-2-4-10-20)17-21(25)18-27-22-11-6-5-8-19(22)16-24-12-7-14-26-15-13-24/h5-6,8,11,20-21,25H,2-4,7,9-10,12-18H2,1H3/t21-/m0/s1. The van der Waals surface area contributed by atoms with Gasteiger partial charge in [-0.3, -0.25) is 4.90 Å². The van der Waals surface area contributed by atoms with E-state index in [0.717, 1.165) is 45.0 Å². The number of hydrogen-bond acceptors (Lipinski definition) is 5. The first-order valence-electron chi connectivity index (χ1n) is 10.6. The van der Waals surface area contributed by atoms with Gasteiger partial charge in [0.2, 0.25) is 0 Å². The lowest BCUT2D eigenvalue weighted by molar-refractivity contribution is 0.0556. The van der Waals surface area contributed by atoms with Gasteiger partial charge >= 0.3 is 0 Å². The SMILES string of the molecule is CN(C[C@H](O)COc1ccccc1CN1CCCOCC1)C1CCCCC1. The molecule has 0 amide bonds. The number of hydrogen-bond donors (Lipinski definition) is 1. The molecular weight excluding hydrogens is 340 g/mol. The Balaban J connectivity index is 1.48. The maximum absolute atomic E-state index is 10.5. The monoisotopic (exact) mass is 376 g/mol. The van der Waals surface area contributed by atoms with E-state index in [2.05, 4.69) is 29.0 Å². The van der Waals surface area contributed by atoms with E-state index < -0.39 is 6.10 Å². The van der Waals surface area contributed by atoms with E-state index in [1.807, 2.05) is 12.1 Å². The average Bonchev–Trinajstić information content (AvgIpc) is 2.97. The van der Waals surface area contributed by atoms with Crippen LogP contribution in [0.1, 0.15) is 44.1 Å². The van der Waals surface area contributed by atoms with Gasteiger partial charge in [-0.2, -0.15) is 0 Å². The number of nitrogens with zero attached hydrogens (tertiary/aromatic N) is 2. The number of para-hydroxylation sites is 1. The molecule has 27 heavy (non-hydrogen) atoms. The van der Waals surface area contributed by atoms with E-state index in [9.17, 15) is 5.11 Å². The Kier molecular flexibility index (Phi) is 8.39. The molecular formula is C22H36N2O3. The Morgan fingerprint density at radius 3 is 2.81 bits per heavy atom. The average molecular weight is 377 g/mol. The molecule has 1 saturated carbocycles. The number of likely N-dealkylation sites (N-methyl/N-ethyl adjacent to an activating group) is 1. The van der Waals surface area contributed by atoms with Crippen molar-refractivity contribution in [3.8, 4) is 5.75 Å². The van der Waals surface area contributed by atoms with Gasteiger partial charge in [0.25, 0.3) is 0 Å². The fourth-order valence-corrected chi connectivity index (χ4v) is 4.21. The molecule has 5 nitrogen and oxygen atoms in total. The second-order valence-electron chi connectivity index (χ2n) is 8.05. The highest BCUT2D eigenvalue weighted by Gasteiger charge is 2.20. The Labute approximate surface area is 164 Å². The van der Waals surface area contributed by atoms with Crippen molar-refractivity contribution >= 4 is 0 Å². The molecule has 2 fully saturated rings. The van der Waals surface area contributed by atoms with Crippen LogP contribution in [-0.4, -0.2) is 73.6 Å². The van der Waals surface area contributed by atoms with Gasteiger partial charge < -0.3 is 19.5 Å². The second-order valence-corrected chi connectivity index (χ2v) is 8.05. The number of benzene rings is 1. The minimum Gasteiger partial charge on any atom is -0.491 e. The van der Waals surface area contributed by atoms with Crippen molar-refractivity contribution in [2.45, 2.75) is 57.2 Å². The summed E-state index contributed by atoms with van der Waals surface area (Å²) in [7, 11) is 2.13. The Hall–Kier alpha value is -1.14. The van der Waals surface area contributed by atoms with E-state index in [4.69, 9.17) is 9.47 Å². The van der Waals surface area contributed by atoms with Gasteiger partial charge in [-0.25, -0.2) is 0 Å². The van der Waals surface area contributed by atoms with Gasteiger partial charge in [0.05, 0.1) is 6.61 Å². The highest BCUT2D eigenvalue weighted by molar-refractivity contribution is 5.33. The molecule has 0 aromatic heterocycles. The van der Waals surface area contributed by atoms with E-state index >= 15 is 0 Å². The van der Waals surface area contributed by atoms with Crippen LogP contribution in [0.15, 0.2) is 24.3 Å². The molecule has 3 rings (SSSR count). The third-order valence-corrected chi connectivity index (χ3v) is 5.81. The highest BCUT2D eigenvalue weighted by atomic mass is 16.5. The molecule has 1 heterocycles. The molecule has 0 unspecified atom stereocenters. The summed E-state index contributed by atoms with van der Waals surface area (Å²) in [5.74, 6) is 0.891. The van der Waals surface area contributed by atoms with Gasteiger partial charge in [-0.05, 0) is 32.4 Å². The Bertz CT molecular complexity index is 540. The minimum absolute atomic E-state index is 0.344. The first kappa shape index (κ1) is 20.6. The smallest absolute Gasteiger partial charge is 0.123 e. The summed E-state index contributed by atoms with van der Waals surface area (Å²) in [5.41, 5.74) is 1.19. The van der Waals surface area contributed by atoms with Crippen molar-refractivity contribution in [3.63, 3.8) is 0 Å². The van der Waals surface area contributed by atoms with Gasteiger partial charge in [0.1, 0.15) is 18.5 Å². The topological polar surface area (TPSA) is 45.2 Å². The van der Waals surface area contributed by atoms with Crippen LogP contribution in [0.2, 0.25) is 0 Å². The summed E-state index contributed by atoms with van der Waals surface area (Å²) in [6.07, 6.45) is 7.12. The zero-order valence-electron chi connectivity index (χ0n) is 16.8. The Morgan fingerprint density at radius 1 is 1.15 bits per heavy atom. The maximum atomic E-state index is 10.5. The van der Waals surface area contributed by atoms with Crippen LogP contribution in [0.25, 0.3) is 0 Å². The van der Waals surface area contributed by atoms with E-state index in [1.165, 1.54) is 37.7 Å². The number of rotatable bonds is 8. The summed E-state index contributed by atoms with van der Waals surface area (Å²) < 4.78 is 11.6. The largest absolute Gasteiger partial charge is 0.491 e. The van der Waals surface area contributed by atoms with Crippen LogP contribution >= 0.6 is 0 Å². The minimum atomic E-state index is -0.462. The van der Waals surface area contributed by atoms with Crippen molar-refractivity contribution in [1.29, 1.82) is 0 Å². The summed E-state index contributed by atoms with van der Waals surface area (Å²) in [5, 5.41) is 10.5. The molecule has 1 aromatic rings. The van der Waals surface area contributed by atoms with Crippen LogP contribution in [0.4, 0.5) is 0 Å². The predicted molar refractivity (Wildman–Crippen MR) is 108 cm³/mol. The van der Waals surface area contributed by atoms with E-state index in [0.29, 0.717) is 19.2 Å². The molecule has 0 radical (unpaired) electrons. The number of ether oxygens (including phenoxy) is 2. The molecule has 1 saturated heterocycles. The van der Waals surface area contributed by atoms with Crippen LogP contribution in [0, 0.1) is 0 Å². The first-order valence-corrected chi connectivity index (χ1v) is 10.6. The third kappa shape index (κ3) is 6.75.